The van der Waals surface area contributed by atoms with Crippen LogP contribution in [-0.4, -0.2) is 60.6 Å². The Bertz CT molecular complexity index is 868. The van der Waals surface area contributed by atoms with Crippen LogP contribution < -0.4 is 5.32 Å². The number of carbonyl (C=O) groups is 4. The number of phenols is 1. The number of rotatable bonds is 4. The van der Waals surface area contributed by atoms with Crippen LogP contribution >= 0.6 is 0 Å². The van der Waals surface area contributed by atoms with E-state index in [1.807, 2.05) is 6.92 Å². The first-order valence-electron chi connectivity index (χ1n) is 8.71. The van der Waals surface area contributed by atoms with Gasteiger partial charge < -0.3 is 14.6 Å². The smallest absolute Gasteiger partial charge is 0.327 e. The largest absolute Gasteiger partial charge is 0.508 e. The van der Waals surface area contributed by atoms with Crippen LogP contribution in [0.1, 0.15) is 23.6 Å². The molecule has 2 fully saturated rings. The zero-order valence-corrected chi connectivity index (χ0v) is 16.0. The van der Waals surface area contributed by atoms with Gasteiger partial charge in [-0.05, 0) is 13.0 Å². The number of aromatic hydroxyl groups is 1. The third-order valence-corrected chi connectivity index (χ3v) is 5.59. The van der Waals surface area contributed by atoms with Crippen molar-refractivity contribution in [3.63, 3.8) is 0 Å². The number of carbonyl (C=O) groups excluding carboxylic acids is 4. The second kappa shape index (κ2) is 6.90. The average Bonchev–Trinajstić information content (AvgIpc) is 3.13. The van der Waals surface area contributed by atoms with E-state index in [4.69, 9.17) is 9.47 Å². The van der Waals surface area contributed by atoms with Crippen LogP contribution in [0.25, 0.3) is 0 Å². The summed E-state index contributed by atoms with van der Waals surface area (Å²) in [5.41, 5.74) is -0.605. The van der Waals surface area contributed by atoms with Crippen LogP contribution in [0.15, 0.2) is 18.2 Å². The highest BCUT2D eigenvalue weighted by Crippen LogP contribution is 2.51. The zero-order chi connectivity index (χ0) is 20.8. The average molecular weight is 390 g/mol. The Kier molecular flexibility index (Phi) is 4.88. The number of benzene rings is 1. The molecule has 2 amide bonds. The SMILES string of the molecule is COC(=O)C[C@@]1(C(=O)OC)N[C@H](c2cc(C)ccc2O)[C@@H]2C(=O)N(C)C(=O)[C@@H]21. The fourth-order valence-corrected chi connectivity index (χ4v) is 4.24. The molecule has 0 aliphatic carbocycles. The molecule has 2 aliphatic rings. The van der Waals surface area contributed by atoms with Crippen molar-refractivity contribution in [3.8, 4) is 5.75 Å². The first-order chi connectivity index (χ1) is 13.2. The Hall–Kier alpha value is -2.94. The van der Waals surface area contributed by atoms with Crippen molar-refractivity contribution in [2.24, 2.45) is 11.8 Å². The number of aryl methyl sites for hydroxylation is 1. The van der Waals surface area contributed by atoms with Crippen LogP contribution in [0, 0.1) is 18.8 Å². The van der Waals surface area contributed by atoms with E-state index in [0.717, 1.165) is 24.7 Å². The number of nitrogens with one attached hydrogen (secondary N) is 1. The Labute approximate surface area is 161 Å². The summed E-state index contributed by atoms with van der Waals surface area (Å²) in [7, 11) is 3.63. The number of hydrogen-bond acceptors (Lipinski definition) is 8. The summed E-state index contributed by atoms with van der Waals surface area (Å²) >= 11 is 0. The summed E-state index contributed by atoms with van der Waals surface area (Å²) in [6, 6.07) is 3.98. The molecule has 0 spiro atoms. The van der Waals surface area contributed by atoms with Gasteiger partial charge in [-0.25, -0.2) is 0 Å². The molecule has 150 valence electrons. The molecule has 2 heterocycles. The van der Waals surface area contributed by atoms with Crippen LogP contribution in [-0.2, 0) is 28.7 Å². The van der Waals surface area contributed by atoms with Gasteiger partial charge in [0.1, 0.15) is 11.3 Å². The van der Waals surface area contributed by atoms with Crippen molar-refractivity contribution in [1.82, 2.24) is 10.2 Å². The van der Waals surface area contributed by atoms with Crippen molar-refractivity contribution in [3.05, 3.63) is 29.3 Å². The number of fused-ring (bicyclic) bond motifs is 1. The topological polar surface area (TPSA) is 122 Å². The van der Waals surface area contributed by atoms with Crippen LogP contribution in [0.3, 0.4) is 0 Å². The van der Waals surface area contributed by atoms with Gasteiger partial charge >= 0.3 is 11.9 Å². The Morgan fingerprint density at radius 2 is 1.89 bits per heavy atom. The zero-order valence-electron chi connectivity index (χ0n) is 16.0. The highest BCUT2D eigenvalue weighted by Gasteiger charge is 2.69. The number of nitrogens with zero attached hydrogens (tertiary/aromatic N) is 1. The van der Waals surface area contributed by atoms with E-state index < -0.39 is 53.6 Å². The summed E-state index contributed by atoms with van der Waals surface area (Å²) < 4.78 is 9.60. The van der Waals surface area contributed by atoms with Crippen molar-refractivity contribution in [1.29, 1.82) is 0 Å². The molecule has 1 aromatic rings. The highest BCUT2D eigenvalue weighted by molar-refractivity contribution is 6.10. The summed E-state index contributed by atoms with van der Waals surface area (Å²) in [5.74, 6) is -4.90. The lowest BCUT2D eigenvalue weighted by molar-refractivity contribution is -0.159. The number of likely N-dealkylation sites (tertiary alicyclic amines) is 1. The monoisotopic (exact) mass is 390 g/mol. The van der Waals surface area contributed by atoms with E-state index in [9.17, 15) is 24.3 Å². The number of hydrogen-bond donors (Lipinski definition) is 2. The highest BCUT2D eigenvalue weighted by atomic mass is 16.5. The molecule has 3 rings (SSSR count). The third-order valence-electron chi connectivity index (χ3n) is 5.59. The molecule has 9 heteroatoms. The Morgan fingerprint density at radius 1 is 1.21 bits per heavy atom. The quantitative estimate of drug-likeness (QED) is 0.546. The number of ether oxygens (including phenoxy) is 2. The Balaban J connectivity index is 2.20. The molecule has 0 radical (unpaired) electrons. The molecule has 2 aliphatic heterocycles. The molecule has 0 bridgehead atoms. The van der Waals surface area contributed by atoms with E-state index in [1.165, 1.54) is 13.1 Å². The third kappa shape index (κ3) is 2.73. The van der Waals surface area contributed by atoms with E-state index >= 15 is 0 Å². The van der Waals surface area contributed by atoms with Crippen molar-refractivity contribution >= 4 is 23.8 Å². The normalized spacial score (nSPS) is 29.0. The molecular weight excluding hydrogens is 368 g/mol. The van der Waals surface area contributed by atoms with Gasteiger partial charge in [-0.15, -0.1) is 0 Å². The van der Waals surface area contributed by atoms with Gasteiger partial charge in [-0.2, -0.15) is 0 Å². The van der Waals surface area contributed by atoms with Crippen molar-refractivity contribution < 1.29 is 33.8 Å². The lowest BCUT2D eigenvalue weighted by Gasteiger charge is -2.31. The number of phenolic OH excluding ortho intramolecular Hbond substituents is 1. The number of esters is 2. The number of amides is 2. The fraction of sp³-hybridized carbons (Fsp3) is 0.474. The molecular formula is C19H22N2O7. The summed E-state index contributed by atoms with van der Waals surface area (Å²) in [5, 5.41) is 13.4. The second-order valence-electron chi connectivity index (χ2n) is 7.14. The van der Waals surface area contributed by atoms with E-state index in [0.29, 0.717) is 5.56 Å². The van der Waals surface area contributed by atoms with Gasteiger partial charge in [0.15, 0.2) is 0 Å². The molecule has 2 N–H and O–H groups in total. The first kappa shape index (κ1) is 19.8. The predicted molar refractivity (Wildman–Crippen MR) is 94.9 cm³/mol. The standard InChI is InChI=1S/C19H22N2O7/c1-9-5-6-11(22)10(7-9)15-13-14(17(25)21(2)16(13)24)19(20-15,18(26)28-4)8-12(23)27-3/h5-7,13-15,20,22H,8H2,1-4H3/t13-,14-,15-,19-/m1/s1. The maximum atomic E-state index is 12.9. The van der Waals surface area contributed by atoms with Crippen molar-refractivity contribution in [2.45, 2.75) is 24.9 Å². The maximum absolute atomic E-state index is 12.9. The van der Waals surface area contributed by atoms with Gasteiger partial charge in [0, 0.05) is 18.7 Å². The van der Waals surface area contributed by atoms with Gasteiger partial charge in [-0.3, -0.25) is 29.4 Å². The lowest BCUT2D eigenvalue weighted by atomic mass is 9.77. The fourth-order valence-electron chi connectivity index (χ4n) is 4.24. The van der Waals surface area contributed by atoms with Gasteiger partial charge in [0.05, 0.1) is 32.5 Å². The molecule has 0 unspecified atom stereocenters. The molecule has 2 saturated heterocycles. The van der Waals surface area contributed by atoms with Crippen LogP contribution in [0.4, 0.5) is 0 Å². The Morgan fingerprint density at radius 3 is 2.50 bits per heavy atom. The van der Waals surface area contributed by atoms with Gasteiger partial charge in [0.2, 0.25) is 11.8 Å². The second-order valence-corrected chi connectivity index (χ2v) is 7.14. The van der Waals surface area contributed by atoms with Crippen LogP contribution in [0.5, 0.6) is 5.75 Å². The molecule has 0 aromatic heterocycles. The summed E-state index contributed by atoms with van der Waals surface area (Å²) in [4.78, 5) is 51.5. The molecule has 1 aromatic carbocycles. The van der Waals surface area contributed by atoms with Gasteiger partial charge in [-0.1, -0.05) is 17.7 Å². The van der Waals surface area contributed by atoms with Crippen molar-refractivity contribution in [2.75, 3.05) is 21.3 Å². The van der Waals surface area contributed by atoms with E-state index in [2.05, 4.69) is 5.32 Å². The minimum Gasteiger partial charge on any atom is -0.508 e. The number of methoxy groups -OCH3 is 2. The molecule has 0 saturated carbocycles. The molecule has 28 heavy (non-hydrogen) atoms. The minimum absolute atomic E-state index is 0.0876. The van der Waals surface area contributed by atoms with Gasteiger partial charge in [0.25, 0.3) is 0 Å². The predicted octanol–water partition coefficient (Wildman–Crippen LogP) is 0.0508. The lowest BCUT2D eigenvalue weighted by Crippen LogP contribution is -2.57. The van der Waals surface area contributed by atoms with E-state index in [1.54, 1.807) is 12.1 Å². The number of imide groups is 1. The summed E-state index contributed by atoms with van der Waals surface area (Å²) in [6.45, 7) is 1.81. The molecule has 9 nitrogen and oxygen atoms in total. The summed E-state index contributed by atoms with van der Waals surface area (Å²) in [6.07, 6.45) is -0.493. The first-order valence-corrected chi connectivity index (χ1v) is 8.71. The van der Waals surface area contributed by atoms with Crippen LogP contribution in [0.2, 0.25) is 0 Å². The maximum Gasteiger partial charge on any atom is 0.327 e. The minimum atomic E-state index is -1.79. The van der Waals surface area contributed by atoms with E-state index in [-0.39, 0.29) is 5.75 Å². The molecule has 4 atom stereocenters.